The van der Waals surface area contributed by atoms with E-state index in [1.54, 1.807) is 41.3 Å². The molecule has 5 aromatic rings. The zero-order valence-corrected chi connectivity index (χ0v) is 20.6. The summed E-state index contributed by atoms with van der Waals surface area (Å²) in [6, 6.07) is 7.96. The number of nitrogens with zero attached hydrogens (tertiary/aromatic N) is 5. The topological polar surface area (TPSA) is 80.5 Å². The average Bonchev–Trinajstić information content (AvgIpc) is 3.55. The van der Waals surface area contributed by atoms with Gasteiger partial charge in [0.05, 0.1) is 23.8 Å². The maximum absolute atomic E-state index is 14.8. The summed E-state index contributed by atoms with van der Waals surface area (Å²) in [5.41, 5.74) is 0.423. The largest absolute Gasteiger partial charge is 0.407 e. The van der Waals surface area contributed by atoms with Gasteiger partial charge in [0.25, 0.3) is 0 Å². The van der Waals surface area contributed by atoms with E-state index in [-0.39, 0.29) is 22.8 Å². The van der Waals surface area contributed by atoms with Crippen molar-refractivity contribution in [3.63, 3.8) is 0 Å². The van der Waals surface area contributed by atoms with E-state index in [0.717, 1.165) is 35.7 Å². The van der Waals surface area contributed by atoms with E-state index in [1.165, 1.54) is 7.05 Å². The number of hydrogen-bond donors (Lipinski definition) is 2. The molecular formula is C25H20F5N7S. The summed E-state index contributed by atoms with van der Waals surface area (Å²) in [6.07, 6.45) is -0.295. The third-order valence-electron chi connectivity index (χ3n) is 5.85. The molecule has 0 aliphatic heterocycles. The van der Waals surface area contributed by atoms with Crippen molar-refractivity contribution in [1.82, 2.24) is 30.3 Å². The number of rotatable bonds is 8. The molecule has 3 heterocycles. The molecule has 0 unspecified atom stereocenters. The van der Waals surface area contributed by atoms with Crippen molar-refractivity contribution in [3.05, 3.63) is 78.3 Å². The highest BCUT2D eigenvalue weighted by Gasteiger charge is 2.41. The lowest BCUT2D eigenvalue weighted by Crippen LogP contribution is -2.32. The molecular weight excluding hydrogens is 525 g/mol. The Bertz CT molecular complexity index is 1570. The van der Waals surface area contributed by atoms with Gasteiger partial charge >= 0.3 is 6.18 Å². The molecule has 196 valence electrons. The van der Waals surface area contributed by atoms with Crippen LogP contribution >= 0.6 is 11.3 Å². The van der Waals surface area contributed by atoms with E-state index in [4.69, 9.17) is 0 Å². The fourth-order valence-electron chi connectivity index (χ4n) is 4.16. The summed E-state index contributed by atoms with van der Waals surface area (Å²) >= 11 is 1.15. The first-order valence-electron chi connectivity index (χ1n) is 11.4. The van der Waals surface area contributed by atoms with Crippen LogP contribution in [0, 0.1) is 11.6 Å². The number of alkyl halides is 3. The van der Waals surface area contributed by atoms with Gasteiger partial charge in [-0.2, -0.15) is 13.2 Å². The molecule has 0 saturated carbocycles. The van der Waals surface area contributed by atoms with Crippen LogP contribution in [0.2, 0.25) is 0 Å². The molecule has 13 heteroatoms. The normalized spacial score (nSPS) is 12.7. The third-order valence-corrected chi connectivity index (χ3v) is 7.04. The van der Waals surface area contributed by atoms with Crippen LogP contribution in [0.15, 0.2) is 61.1 Å². The summed E-state index contributed by atoms with van der Waals surface area (Å²) in [4.78, 5) is 8.75. The Morgan fingerprint density at radius 1 is 1.08 bits per heavy atom. The molecule has 1 atom stereocenters. The summed E-state index contributed by atoms with van der Waals surface area (Å²) in [5, 5.41) is 13.5. The number of anilines is 1. The minimum atomic E-state index is -4.60. The summed E-state index contributed by atoms with van der Waals surface area (Å²) in [5.74, 6) is -1.12. The summed E-state index contributed by atoms with van der Waals surface area (Å²) in [6.45, 7) is 0.906. The Labute approximate surface area is 217 Å². The molecule has 0 aliphatic carbocycles. The molecule has 38 heavy (non-hydrogen) atoms. The first-order chi connectivity index (χ1) is 18.2. The number of fused-ring (bicyclic) bond motifs is 1. The van der Waals surface area contributed by atoms with E-state index in [9.17, 15) is 22.0 Å². The predicted octanol–water partition coefficient (Wildman–Crippen LogP) is 5.83. The quantitative estimate of drug-likeness (QED) is 0.239. The maximum Gasteiger partial charge on any atom is 0.407 e. The summed E-state index contributed by atoms with van der Waals surface area (Å²) in [7, 11) is 1.20. The van der Waals surface area contributed by atoms with Crippen LogP contribution in [-0.2, 0) is 6.54 Å². The molecule has 7 nitrogen and oxygen atoms in total. The molecule has 5 rings (SSSR count). The van der Waals surface area contributed by atoms with Gasteiger partial charge in [-0.25, -0.2) is 18.7 Å². The minimum Gasteiger partial charge on any atom is -0.352 e. The highest BCUT2D eigenvalue weighted by Crippen LogP contribution is 2.43. The van der Waals surface area contributed by atoms with E-state index >= 15 is 0 Å². The van der Waals surface area contributed by atoms with Gasteiger partial charge in [-0.15, -0.1) is 16.4 Å². The second-order valence-corrected chi connectivity index (χ2v) is 9.36. The average molecular weight is 546 g/mol. The second-order valence-electron chi connectivity index (χ2n) is 8.31. The van der Waals surface area contributed by atoms with Gasteiger partial charge in [0.2, 0.25) is 5.95 Å². The van der Waals surface area contributed by atoms with Gasteiger partial charge in [-0.05, 0) is 47.3 Å². The van der Waals surface area contributed by atoms with E-state index in [2.05, 4.69) is 30.9 Å². The molecule has 0 amide bonds. The van der Waals surface area contributed by atoms with Crippen LogP contribution in [0.3, 0.4) is 0 Å². The van der Waals surface area contributed by atoms with Crippen LogP contribution < -0.4 is 10.6 Å². The Hall–Kier alpha value is -3.97. The Morgan fingerprint density at radius 3 is 2.66 bits per heavy atom. The van der Waals surface area contributed by atoms with Crippen LogP contribution in [-0.4, -0.2) is 44.7 Å². The van der Waals surface area contributed by atoms with E-state index in [0.29, 0.717) is 33.6 Å². The third kappa shape index (κ3) is 5.20. The standard InChI is InChI=1S/C25H20F5N7S/c1-31-23(25(28,29)30)17-6-5-15(26)12-18(17)16-4-2-3-14-11-20(38-22(14)16)21-19(27)13-33-24(35-21)32-7-9-37-10-8-34-36-37/h2-6,8,10-13,23,31H,7,9H2,1H3,(H,32,33,35)/t23-/m0/s1. The molecule has 0 radical (unpaired) electrons. The first-order valence-corrected chi connectivity index (χ1v) is 12.2. The fourth-order valence-corrected chi connectivity index (χ4v) is 5.34. The number of aromatic nitrogens is 5. The van der Waals surface area contributed by atoms with Crippen LogP contribution in [0.25, 0.3) is 31.8 Å². The molecule has 0 fully saturated rings. The number of halogens is 5. The number of hydrogen-bond acceptors (Lipinski definition) is 7. The SMILES string of the molecule is CN[C@@H](c1ccc(F)cc1-c1cccc2cc(-c3nc(NCCn4ccnn4)ncc3F)sc12)C(F)(F)F. The lowest BCUT2D eigenvalue weighted by atomic mass is 9.93. The first kappa shape index (κ1) is 25.7. The van der Waals surface area contributed by atoms with Crippen LogP contribution in [0.5, 0.6) is 0 Å². The van der Waals surface area contributed by atoms with Gasteiger partial charge < -0.3 is 10.6 Å². The van der Waals surface area contributed by atoms with Crippen molar-refractivity contribution in [1.29, 1.82) is 0 Å². The zero-order chi connectivity index (χ0) is 26.9. The Morgan fingerprint density at radius 2 is 1.92 bits per heavy atom. The van der Waals surface area contributed by atoms with Gasteiger partial charge in [-0.3, -0.25) is 4.68 Å². The second kappa shape index (κ2) is 10.4. The number of nitrogens with one attached hydrogen (secondary N) is 2. The molecule has 0 spiro atoms. The van der Waals surface area contributed by atoms with Crippen molar-refractivity contribution < 1.29 is 22.0 Å². The highest BCUT2D eigenvalue weighted by atomic mass is 32.1. The lowest BCUT2D eigenvalue weighted by molar-refractivity contribution is -0.156. The van der Waals surface area contributed by atoms with Crippen molar-refractivity contribution in [2.75, 3.05) is 18.9 Å². The van der Waals surface area contributed by atoms with Crippen molar-refractivity contribution in [2.45, 2.75) is 18.8 Å². The van der Waals surface area contributed by atoms with Gasteiger partial charge in [-0.1, -0.05) is 29.5 Å². The van der Waals surface area contributed by atoms with Gasteiger partial charge in [0.1, 0.15) is 17.6 Å². The smallest absolute Gasteiger partial charge is 0.352 e. The van der Waals surface area contributed by atoms with Crippen molar-refractivity contribution >= 4 is 27.4 Å². The van der Waals surface area contributed by atoms with Crippen LogP contribution in [0.4, 0.5) is 27.9 Å². The predicted molar refractivity (Wildman–Crippen MR) is 135 cm³/mol. The number of benzene rings is 2. The van der Waals surface area contributed by atoms with Gasteiger partial charge in [0, 0.05) is 17.4 Å². The summed E-state index contributed by atoms with van der Waals surface area (Å²) < 4.78 is 72.6. The van der Waals surface area contributed by atoms with Crippen LogP contribution in [0.1, 0.15) is 11.6 Å². The molecule has 3 aromatic heterocycles. The Kier molecular flexibility index (Phi) is 7.04. The lowest BCUT2D eigenvalue weighted by Gasteiger charge is -2.23. The van der Waals surface area contributed by atoms with E-state index in [1.807, 2.05) is 0 Å². The molecule has 0 bridgehead atoms. The van der Waals surface area contributed by atoms with E-state index < -0.39 is 23.9 Å². The highest BCUT2D eigenvalue weighted by molar-refractivity contribution is 7.22. The Balaban J connectivity index is 1.53. The maximum atomic E-state index is 14.8. The molecule has 2 N–H and O–H groups in total. The van der Waals surface area contributed by atoms with Gasteiger partial charge in [0.15, 0.2) is 5.82 Å². The fraction of sp³-hybridized carbons (Fsp3) is 0.200. The van der Waals surface area contributed by atoms with Crippen molar-refractivity contribution in [2.24, 2.45) is 0 Å². The number of thiophene rings is 1. The monoisotopic (exact) mass is 545 g/mol. The molecule has 0 saturated heterocycles. The van der Waals surface area contributed by atoms with Crippen molar-refractivity contribution in [3.8, 4) is 21.7 Å². The minimum absolute atomic E-state index is 0.0401. The zero-order valence-electron chi connectivity index (χ0n) is 19.8. The molecule has 0 aliphatic rings. The molecule has 2 aromatic carbocycles.